The van der Waals surface area contributed by atoms with E-state index in [1.807, 2.05) is 0 Å². The molecule has 212 valence electrons. The van der Waals surface area contributed by atoms with Crippen molar-refractivity contribution in [1.82, 2.24) is 0 Å². The average molecular weight is 558 g/mol. The summed E-state index contributed by atoms with van der Waals surface area (Å²) in [5, 5.41) is 89.1. The molecule has 1 aliphatic rings. The summed E-state index contributed by atoms with van der Waals surface area (Å²) in [6, 6.07) is 9.86. The minimum Gasteiger partial charge on any atom is -0.508 e. The summed E-state index contributed by atoms with van der Waals surface area (Å²) in [6.07, 6.45) is -5.18. The Morgan fingerprint density at radius 2 is 1.38 bits per heavy atom. The molecular formula is C27H26O13. The number of aliphatic hydroxyl groups excluding tert-OH is 3. The van der Waals surface area contributed by atoms with Crippen LogP contribution in [-0.2, 0) is 9.47 Å². The third-order valence-corrected chi connectivity index (χ3v) is 5.97. The molecule has 13 heteroatoms. The Morgan fingerprint density at radius 3 is 2.02 bits per heavy atom. The van der Waals surface area contributed by atoms with Crippen LogP contribution >= 0.6 is 0 Å². The molecule has 1 heterocycles. The molecule has 13 nitrogen and oxygen atoms in total. The minimum absolute atomic E-state index is 0.141. The van der Waals surface area contributed by atoms with Crippen molar-refractivity contribution in [3.8, 4) is 40.2 Å². The SMILES string of the molecule is O=C(OC[C@H]1O[C@@H](Oc2cc(C=Cc3cc(O)cc(O)c3)ccc2O)[C@H](O)[C@@H](O)[C@@H]1O)c1cc(O)c(O)c(O)c1. The molecule has 1 saturated heterocycles. The fourth-order valence-electron chi connectivity index (χ4n) is 3.88. The number of aromatic hydroxyl groups is 6. The van der Waals surface area contributed by atoms with Gasteiger partial charge in [-0.3, -0.25) is 0 Å². The average Bonchev–Trinajstić information content (AvgIpc) is 2.90. The Balaban J connectivity index is 1.46. The van der Waals surface area contributed by atoms with Crippen molar-refractivity contribution in [3.05, 3.63) is 65.2 Å². The number of benzene rings is 3. The number of carbonyl (C=O) groups is 1. The van der Waals surface area contributed by atoms with Gasteiger partial charge in [0.15, 0.2) is 28.7 Å². The topological polar surface area (TPSA) is 227 Å². The molecule has 0 aliphatic carbocycles. The maximum atomic E-state index is 12.3. The molecule has 0 unspecified atom stereocenters. The highest BCUT2D eigenvalue weighted by molar-refractivity contribution is 5.91. The summed E-state index contributed by atoms with van der Waals surface area (Å²) in [7, 11) is 0. The van der Waals surface area contributed by atoms with Gasteiger partial charge in [0.05, 0.1) is 5.56 Å². The zero-order valence-electron chi connectivity index (χ0n) is 20.5. The van der Waals surface area contributed by atoms with Crippen LogP contribution in [0.5, 0.6) is 40.2 Å². The van der Waals surface area contributed by atoms with Crippen molar-refractivity contribution >= 4 is 18.1 Å². The van der Waals surface area contributed by atoms with Gasteiger partial charge in [0.25, 0.3) is 0 Å². The third-order valence-electron chi connectivity index (χ3n) is 5.97. The summed E-state index contributed by atoms with van der Waals surface area (Å²) in [5.41, 5.74) is 0.640. The second-order valence-corrected chi connectivity index (χ2v) is 8.94. The first-order valence-corrected chi connectivity index (χ1v) is 11.8. The van der Waals surface area contributed by atoms with E-state index in [0.29, 0.717) is 11.1 Å². The van der Waals surface area contributed by atoms with Gasteiger partial charge in [-0.2, -0.15) is 0 Å². The lowest BCUT2D eigenvalue weighted by Crippen LogP contribution is -2.60. The van der Waals surface area contributed by atoms with Crippen LogP contribution < -0.4 is 4.74 Å². The summed E-state index contributed by atoms with van der Waals surface area (Å²) in [5.74, 6) is -4.25. The van der Waals surface area contributed by atoms with E-state index >= 15 is 0 Å². The Morgan fingerprint density at radius 1 is 0.750 bits per heavy atom. The Kier molecular flexibility index (Phi) is 8.21. The van der Waals surface area contributed by atoms with Gasteiger partial charge in [-0.15, -0.1) is 0 Å². The molecule has 9 N–H and O–H groups in total. The van der Waals surface area contributed by atoms with E-state index in [-0.39, 0.29) is 28.6 Å². The van der Waals surface area contributed by atoms with Crippen LogP contribution in [0.25, 0.3) is 12.2 Å². The van der Waals surface area contributed by atoms with E-state index in [1.165, 1.54) is 36.4 Å². The summed E-state index contributed by atoms with van der Waals surface area (Å²) >= 11 is 0. The Labute approximate surface area is 226 Å². The lowest BCUT2D eigenvalue weighted by atomic mass is 9.99. The number of phenols is 6. The molecule has 0 saturated carbocycles. The molecule has 0 spiro atoms. The standard InChI is InChI=1S/C27H26O13/c28-15-5-13(6-16(29)10-15)2-1-12-3-4-17(30)20(7-12)39-27-25(36)24(35)23(34)21(40-27)11-38-26(37)14-8-18(31)22(33)19(32)9-14/h1-10,21,23-25,27-36H,11H2/t21-,23-,24+,25-,27-/m1/s1. The summed E-state index contributed by atoms with van der Waals surface area (Å²) in [4.78, 5) is 12.3. The van der Waals surface area contributed by atoms with Gasteiger partial charge in [0.2, 0.25) is 6.29 Å². The molecule has 0 radical (unpaired) electrons. The van der Waals surface area contributed by atoms with Crippen molar-refractivity contribution in [2.24, 2.45) is 0 Å². The van der Waals surface area contributed by atoms with Gasteiger partial charge < -0.3 is 60.2 Å². The van der Waals surface area contributed by atoms with Crippen LogP contribution in [0.15, 0.2) is 48.5 Å². The van der Waals surface area contributed by atoms with E-state index < -0.39 is 60.5 Å². The van der Waals surface area contributed by atoms with Crippen molar-refractivity contribution < 1.29 is 65.0 Å². The van der Waals surface area contributed by atoms with Crippen LogP contribution in [0.3, 0.4) is 0 Å². The van der Waals surface area contributed by atoms with Crippen molar-refractivity contribution in [3.63, 3.8) is 0 Å². The maximum Gasteiger partial charge on any atom is 0.338 e. The van der Waals surface area contributed by atoms with Crippen LogP contribution in [0.2, 0.25) is 0 Å². The molecule has 3 aromatic rings. The van der Waals surface area contributed by atoms with Gasteiger partial charge in [0.1, 0.15) is 42.5 Å². The van der Waals surface area contributed by atoms with Gasteiger partial charge in [0, 0.05) is 6.07 Å². The number of carbonyl (C=O) groups excluding carboxylic acids is 1. The second-order valence-electron chi connectivity index (χ2n) is 8.94. The van der Waals surface area contributed by atoms with Crippen LogP contribution in [0.1, 0.15) is 21.5 Å². The maximum absolute atomic E-state index is 12.3. The fourth-order valence-corrected chi connectivity index (χ4v) is 3.88. The number of ether oxygens (including phenoxy) is 3. The number of aliphatic hydroxyl groups is 3. The predicted molar refractivity (Wildman–Crippen MR) is 136 cm³/mol. The normalized spacial score (nSPS) is 22.7. The number of rotatable bonds is 7. The first-order valence-electron chi connectivity index (χ1n) is 11.8. The number of hydrogen-bond acceptors (Lipinski definition) is 13. The number of phenolic OH excluding ortho intramolecular Hbond substituents is 6. The van der Waals surface area contributed by atoms with Gasteiger partial charge in [-0.25, -0.2) is 4.79 Å². The van der Waals surface area contributed by atoms with Crippen molar-refractivity contribution in [1.29, 1.82) is 0 Å². The van der Waals surface area contributed by atoms with Gasteiger partial charge in [-0.1, -0.05) is 18.2 Å². The predicted octanol–water partition coefficient (Wildman–Crippen LogP) is 1.13. The molecule has 0 bridgehead atoms. The fraction of sp³-hybridized carbons (Fsp3) is 0.222. The van der Waals surface area contributed by atoms with Crippen LogP contribution in [0, 0.1) is 0 Å². The Bertz CT molecular complexity index is 1380. The quantitative estimate of drug-likeness (QED) is 0.113. The highest BCUT2D eigenvalue weighted by Gasteiger charge is 2.45. The van der Waals surface area contributed by atoms with Gasteiger partial charge in [-0.05, 0) is 47.5 Å². The number of esters is 1. The van der Waals surface area contributed by atoms with E-state index in [1.54, 1.807) is 12.2 Å². The molecule has 1 aliphatic heterocycles. The molecular weight excluding hydrogens is 532 g/mol. The monoisotopic (exact) mass is 558 g/mol. The van der Waals surface area contributed by atoms with Crippen molar-refractivity contribution in [2.75, 3.05) is 6.61 Å². The van der Waals surface area contributed by atoms with E-state index in [9.17, 15) is 50.8 Å². The second kappa shape index (κ2) is 11.6. The molecule has 5 atom stereocenters. The van der Waals surface area contributed by atoms with E-state index in [2.05, 4.69) is 0 Å². The Hall–Kier alpha value is -4.69. The lowest BCUT2D eigenvalue weighted by Gasteiger charge is -2.39. The van der Waals surface area contributed by atoms with Crippen molar-refractivity contribution in [2.45, 2.75) is 30.7 Å². The zero-order valence-corrected chi connectivity index (χ0v) is 20.5. The van der Waals surface area contributed by atoms with E-state index in [4.69, 9.17) is 14.2 Å². The minimum atomic E-state index is -1.80. The molecule has 40 heavy (non-hydrogen) atoms. The smallest absolute Gasteiger partial charge is 0.338 e. The zero-order chi connectivity index (χ0) is 29.1. The first-order chi connectivity index (χ1) is 18.9. The third kappa shape index (κ3) is 6.30. The summed E-state index contributed by atoms with van der Waals surface area (Å²) in [6.45, 7) is -0.655. The van der Waals surface area contributed by atoms with Crippen LogP contribution in [0.4, 0.5) is 0 Å². The van der Waals surface area contributed by atoms with E-state index in [0.717, 1.165) is 12.1 Å². The lowest BCUT2D eigenvalue weighted by molar-refractivity contribution is -0.277. The summed E-state index contributed by atoms with van der Waals surface area (Å²) < 4.78 is 16.1. The number of hydrogen-bond donors (Lipinski definition) is 9. The molecule has 4 rings (SSSR count). The molecule has 0 aromatic heterocycles. The largest absolute Gasteiger partial charge is 0.508 e. The highest BCUT2D eigenvalue weighted by atomic mass is 16.7. The first kappa shape index (κ1) is 28.3. The van der Waals surface area contributed by atoms with Gasteiger partial charge >= 0.3 is 5.97 Å². The highest BCUT2D eigenvalue weighted by Crippen LogP contribution is 2.36. The molecule has 1 fully saturated rings. The molecule has 3 aromatic carbocycles. The molecule has 0 amide bonds. The van der Waals surface area contributed by atoms with Crippen LogP contribution in [-0.4, -0.2) is 89.2 Å².